The van der Waals surface area contributed by atoms with Gasteiger partial charge in [0.05, 0.1) is 0 Å². The fourth-order valence-corrected chi connectivity index (χ4v) is 2.96. The van der Waals surface area contributed by atoms with Crippen LogP contribution in [0.2, 0.25) is 0 Å². The third-order valence-electron chi connectivity index (χ3n) is 3.03. The molecule has 1 aromatic heterocycles. The number of nitrogens with one attached hydrogen (secondary N) is 1. The SMILES string of the molecule is CNC(CSc1nnc(C)o1)(C(=O)O)C1CC1. The third kappa shape index (κ3) is 2.44. The second kappa shape index (κ2) is 4.66. The average Bonchev–Trinajstić information content (AvgIpc) is 3.04. The number of aliphatic carboxylic acids is 1. The standard InChI is InChI=1S/C10H15N3O3S/c1-6-12-13-9(16-6)17-5-10(11-2,8(14)15)7-3-4-7/h7,11H,3-5H2,1-2H3,(H,14,15). The molecule has 2 rings (SSSR count). The second-order valence-corrected chi connectivity index (χ2v) is 5.10. The summed E-state index contributed by atoms with van der Waals surface area (Å²) in [7, 11) is 1.69. The maximum atomic E-state index is 11.4. The van der Waals surface area contributed by atoms with Crippen molar-refractivity contribution < 1.29 is 14.3 Å². The molecular weight excluding hydrogens is 242 g/mol. The summed E-state index contributed by atoms with van der Waals surface area (Å²) in [5.74, 6) is 0.266. The monoisotopic (exact) mass is 257 g/mol. The van der Waals surface area contributed by atoms with Crippen LogP contribution in [-0.2, 0) is 4.79 Å². The van der Waals surface area contributed by atoms with E-state index in [9.17, 15) is 9.90 Å². The molecule has 1 fully saturated rings. The first-order valence-corrected chi connectivity index (χ1v) is 6.42. The lowest BCUT2D eigenvalue weighted by Gasteiger charge is -2.27. The van der Waals surface area contributed by atoms with Gasteiger partial charge in [0.1, 0.15) is 5.54 Å². The molecule has 7 heteroatoms. The molecule has 1 aliphatic carbocycles. The van der Waals surface area contributed by atoms with E-state index >= 15 is 0 Å². The molecule has 0 aliphatic heterocycles. The molecule has 2 N–H and O–H groups in total. The van der Waals surface area contributed by atoms with Crippen LogP contribution >= 0.6 is 11.8 Å². The maximum Gasteiger partial charge on any atom is 0.325 e. The van der Waals surface area contributed by atoms with Gasteiger partial charge in [0, 0.05) is 12.7 Å². The van der Waals surface area contributed by atoms with E-state index in [0.29, 0.717) is 16.9 Å². The van der Waals surface area contributed by atoms with Crippen LogP contribution < -0.4 is 5.32 Å². The number of nitrogens with zero attached hydrogens (tertiary/aromatic N) is 2. The van der Waals surface area contributed by atoms with Crippen molar-refractivity contribution in [2.45, 2.75) is 30.5 Å². The number of hydrogen-bond donors (Lipinski definition) is 2. The van der Waals surface area contributed by atoms with Crippen molar-refractivity contribution in [3.8, 4) is 0 Å². The van der Waals surface area contributed by atoms with Crippen molar-refractivity contribution in [3.63, 3.8) is 0 Å². The first kappa shape index (κ1) is 12.4. The second-order valence-electron chi connectivity index (χ2n) is 4.18. The average molecular weight is 257 g/mol. The van der Waals surface area contributed by atoms with E-state index in [-0.39, 0.29) is 5.92 Å². The predicted molar refractivity (Wildman–Crippen MR) is 61.9 cm³/mol. The van der Waals surface area contributed by atoms with Gasteiger partial charge < -0.3 is 14.8 Å². The van der Waals surface area contributed by atoms with Gasteiger partial charge in [-0.1, -0.05) is 11.8 Å². The summed E-state index contributed by atoms with van der Waals surface area (Å²) in [5.41, 5.74) is -0.882. The quantitative estimate of drug-likeness (QED) is 0.733. The molecule has 0 spiro atoms. The molecule has 1 saturated carbocycles. The van der Waals surface area contributed by atoms with E-state index in [1.165, 1.54) is 11.8 Å². The van der Waals surface area contributed by atoms with Crippen molar-refractivity contribution in [1.29, 1.82) is 0 Å². The lowest BCUT2D eigenvalue weighted by molar-refractivity contribution is -0.144. The summed E-state index contributed by atoms with van der Waals surface area (Å²) in [6.07, 6.45) is 1.91. The number of carboxylic acid groups (broad SMARTS) is 1. The number of hydrogen-bond acceptors (Lipinski definition) is 6. The van der Waals surface area contributed by atoms with Gasteiger partial charge in [-0.05, 0) is 25.8 Å². The number of carbonyl (C=O) groups is 1. The number of thioether (sulfide) groups is 1. The molecule has 6 nitrogen and oxygen atoms in total. The molecule has 1 heterocycles. The molecule has 1 unspecified atom stereocenters. The Morgan fingerprint density at radius 1 is 1.65 bits per heavy atom. The van der Waals surface area contributed by atoms with Gasteiger partial charge in [-0.25, -0.2) is 0 Å². The summed E-state index contributed by atoms with van der Waals surface area (Å²) in [6, 6.07) is 0. The highest BCUT2D eigenvalue weighted by Crippen LogP contribution is 2.42. The van der Waals surface area contributed by atoms with Gasteiger partial charge in [-0.3, -0.25) is 4.79 Å². The lowest BCUT2D eigenvalue weighted by Crippen LogP contribution is -2.54. The molecular formula is C10H15N3O3S. The molecule has 0 saturated heterocycles. The van der Waals surface area contributed by atoms with E-state index in [1.54, 1.807) is 14.0 Å². The predicted octanol–water partition coefficient (Wildman–Crippen LogP) is 0.923. The molecule has 94 valence electrons. The Morgan fingerprint density at radius 2 is 2.35 bits per heavy atom. The van der Waals surface area contributed by atoms with Crippen LogP contribution in [0.4, 0.5) is 0 Å². The maximum absolute atomic E-state index is 11.4. The van der Waals surface area contributed by atoms with Crippen LogP contribution in [0.1, 0.15) is 18.7 Å². The summed E-state index contributed by atoms with van der Waals surface area (Å²) in [5, 5.41) is 20.3. The zero-order valence-corrected chi connectivity index (χ0v) is 10.6. The molecule has 1 atom stereocenters. The van der Waals surface area contributed by atoms with Crippen LogP contribution in [0.15, 0.2) is 9.64 Å². The summed E-state index contributed by atoms with van der Waals surface area (Å²) in [4.78, 5) is 11.4. The molecule has 1 aromatic rings. The highest BCUT2D eigenvalue weighted by molar-refractivity contribution is 7.99. The fourth-order valence-electron chi connectivity index (χ4n) is 1.83. The Bertz CT molecular complexity index is 419. The topological polar surface area (TPSA) is 88.3 Å². The number of rotatable bonds is 6. The van der Waals surface area contributed by atoms with Crippen LogP contribution in [0.5, 0.6) is 0 Å². The summed E-state index contributed by atoms with van der Waals surface area (Å²) in [6.45, 7) is 1.71. The minimum atomic E-state index is -0.882. The highest BCUT2D eigenvalue weighted by Gasteiger charge is 2.50. The normalized spacial score (nSPS) is 18.9. The van der Waals surface area contributed by atoms with Gasteiger partial charge in [0.2, 0.25) is 5.89 Å². The Morgan fingerprint density at radius 3 is 2.76 bits per heavy atom. The lowest BCUT2D eigenvalue weighted by atomic mass is 9.96. The van der Waals surface area contributed by atoms with E-state index in [2.05, 4.69) is 15.5 Å². The zero-order valence-electron chi connectivity index (χ0n) is 9.77. The highest BCUT2D eigenvalue weighted by atomic mass is 32.2. The number of carboxylic acids is 1. The van der Waals surface area contributed by atoms with Crippen LogP contribution in [0.25, 0.3) is 0 Å². The van der Waals surface area contributed by atoms with E-state index in [1.807, 2.05) is 0 Å². The van der Waals surface area contributed by atoms with Crippen molar-refractivity contribution in [2.75, 3.05) is 12.8 Å². The minimum Gasteiger partial charge on any atom is -0.480 e. The van der Waals surface area contributed by atoms with E-state index in [4.69, 9.17) is 4.42 Å². The van der Waals surface area contributed by atoms with Crippen molar-refractivity contribution >= 4 is 17.7 Å². The number of aromatic nitrogens is 2. The molecule has 0 bridgehead atoms. The Labute approximate surface area is 103 Å². The number of aryl methyl sites for hydroxylation is 1. The van der Waals surface area contributed by atoms with Gasteiger partial charge in [-0.2, -0.15) is 0 Å². The van der Waals surface area contributed by atoms with E-state index in [0.717, 1.165) is 12.8 Å². The fraction of sp³-hybridized carbons (Fsp3) is 0.700. The van der Waals surface area contributed by atoms with Gasteiger partial charge in [-0.15, -0.1) is 10.2 Å². The largest absolute Gasteiger partial charge is 0.480 e. The van der Waals surface area contributed by atoms with Gasteiger partial charge in [0.25, 0.3) is 5.22 Å². The van der Waals surface area contributed by atoms with Crippen molar-refractivity contribution in [2.24, 2.45) is 5.92 Å². The first-order valence-electron chi connectivity index (χ1n) is 5.43. The minimum absolute atomic E-state index is 0.196. The Hall–Kier alpha value is -1.08. The smallest absolute Gasteiger partial charge is 0.325 e. The molecule has 0 aromatic carbocycles. The van der Waals surface area contributed by atoms with Crippen molar-refractivity contribution in [1.82, 2.24) is 15.5 Å². The van der Waals surface area contributed by atoms with Crippen molar-refractivity contribution in [3.05, 3.63) is 5.89 Å². The molecule has 1 aliphatic rings. The van der Waals surface area contributed by atoms with E-state index < -0.39 is 11.5 Å². The summed E-state index contributed by atoms with van der Waals surface area (Å²) >= 11 is 1.29. The third-order valence-corrected chi connectivity index (χ3v) is 4.04. The van der Waals surface area contributed by atoms with Gasteiger partial charge in [0.15, 0.2) is 0 Å². The Balaban J connectivity index is 2.05. The first-order chi connectivity index (χ1) is 8.08. The zero-order chi connectivity index (χ0) is 12.5. The molecule has 0 radical (unpaired) electrons. The van der Waals surface area contributed by atoms with Crippen LogP contribution in [0.3, 0.4) is 0 Å². The number of likely N-dealkylation sites (N-methyl/N-ethyl adjacent to an activating group) is 1. The summed E-state index contributed by atoms with van der Waals surface area (Å²) < 4.78 is 5.22. The van der Waals surface area contributed by atoms with Crippen LogP contribution in [-0.4, -0.2) is 39.6 Å². The molecule has 0 amide bonds. The van der Waals surface area contributed by atoms with Gasteiger partial charge >= 0.3 is 5.97 Å². The van der Waals surface area contributed by atoms with Crippen LogP contribution in [0, 0.1) is 12.8 Å². The Kier molecular flexibility index (Phi) is 3.39. The molecule has 17 heavy (non-hydrogen) atoms.